The van der Waals surface area contributed by atoms with Crippen LogP contribution < -0.4 is 5.32 Å². The highest BCUT2D eigenvalue weighted by Crippen LogP contribution is 2.29. The van der Waals surface area contributed by atoms with Crippen molar-refractivity contribution in [3.63, 3.8) is 0 Å². The van der Waals surface area contributed by atoms with E-state index in [0.29, 0.717) is 24.3 Å². The van der Waals surface area contributed by atoms with Crippen molar-refractivity contribution in [2.24, 2.45) is 0 Å². The van der Waals surface area contributed by atoms with Crippen molar-refractivity contribution in [2.75, 3.05) is 18.2 Å². The molecule has 1 heterocycles. The summed E-state index contributed by atoms with van der Waals surface area (Å²) in [6, 6.07) is 6.66. The molecule has 0 aliphatic carbocycles. The van der Waals surface area contributed by atoms with Gasteiger partial charge in [-0.25, -0.2) is 9.78 Å². The summed E-state index contributed by atoms with van der Waals surface area (Å²) in [6.07, 6.45) is 2.59. The van der Waals surface area contributed by atoms with E-state index in [0.717, 1.165) is 9.50 Å². The number of carbonyl (C=O) groups is 2. The molecule has 2 aromatic rings. The summed E-state index contributed by atoms with van der Waals surface area (Å²) < 4.78 is 9.92. The van der Waals surface area contributed by atoms with Gasteiger partial charge >= 0.3 is 5.97 Å². The Morgan fingerprint density at radius 3 is 2.56 bits per heavy atom. The fraction of sp³-hybridized carbons (Fsp3) is 0.375. The van der Waals surface area contributed by atoms with Crippen LogP contribution in [0.4, 0.5) is 5.69 Å². The van der Waals surface area contributed by atoms with Gasteiger partial charge in [-0.1, -0.05) is 30.4 Å². The van der Waals surface area contributed by atoms with E-state index >= 15 is 0 Å². The van der Waals surface area contributed by atoms with E-state index in [1.165, 1.54) is 35.1 Å². The molecule has 0 fully saturated rings. The van der Waals surface area contributed by atoms with Gasteiger partial charge in [-0.3, -0.25) is 4.79 Å². The first kappa shape index (κ1) is 19.7. The van der Waals surface area contributed by atoms with E-state index in [2.05, 4.69) is 14.7 Å². The Balaban J connectivity index is 1.97. The second-order valence-corrected chi connectivity index (χ2v) is 7.82. The molecular formula is C16H19N3O3S3. The summed E-state index contributed by atoms with van der Waals surface area (Å²) in [4.78, 5) is 28.5. The molecule has 134 valence electrons. The molecule has 1 aromatic carbocycles. The van der Waals surface area contributed by atoms with Gasteiger partial charge in [-0.15, -0.1) is 0 Å². The fourth-order valence-electron chi connectivity index (χ4n) is 1.90. The lowest BCUT2D eigenvalue weighted by Crippen LogP contribution is -2.24. The predicted octanol–water partition coefficient (Wildman–Crippen LogP) is 3.95. The first-order valence-electron chi connectivity index (χ1n) is 7.69. The maximum Gasteiger partial charge on any atom is 0.338 e. The van der Waals surface area contributed by atoms with Crippen molar-refractivity contribution in [3.8, 4) is 0 Å². The number of hydrogen-bond acceptors (Lipinski definition) is 8. The molecule has 0 spiro atoms. The summed E-state index contributed by atoms with van der Waals surface area (Å²) in [5.74, 6) is -0.472. The van der Waals surface area contributed by atoms with Crippen LogP contribution in [0.2, 0.25) is 0 Å². The quantitative estimate of drug-likeness (QED) is 0.533. The largest absolute Gasteiger partial charge is 0.462 e. The van der Waals surface area contributed by atoms with Gasteiger partial charge in [0.2, 0.25) is 11.1 Å². The summed E-state index contributed by atoms with van der Waals surface area (Å²) in [5, 5.41) is 3.33. The maximum absolute atomic E-state index is 12.5. The highest BCUT2D eigenvalue weighted by molar-refractivity contribution is 8.02. The average molecular weight is 398 g/mol. The van der Waals surface area contributed by atoms with Gasteiger partial charge in [-0.05, 0) is 55.4 Å². The number of nitrogens with one attached hydrogen (secondary N) is 1. The van der Waals surface area contributed by atoms with Crippen LogP contribution in [0.25, 0.3) is 0 Å². The molecule has 9 heteroatoms. The molecule has 0 unspecified atom stereocenters. The highest BCUT2D eigenvalue weighted by Gasteiger charge is 2.20. The molecule has 1 atom stereocenters. The van der Waals surface area contributed by atoms with Gasteiger partial charge in [0.05, 0.1) is 17.4 Å². The summed E-state index contributed by atoms with van der Waals surface area (Å²) in [5.41, 5.74) is 1.10. The van der Waals surface area contributed by atoms with E-state index < -0.39 is 0 Å². The molecule has 25 heavy (non-hydrogen) atoms. The zero-order chi connectivity index (χ0) is 18.2. The number of rotatable bonds is 8. The second kappa shape index (κ2) is 9.79. The number of aromatic nitrogens is 2. The number of carbonyl (C=O) groups excluding carboxylic acids is 2. The first-order chi connectivity index (χ1) is 12.1. The molecule has 1 aromatic heterocycles. The minimum atomic E-state index is -0.372. The predicted molar refractivity (Wildman–Crippen MR) is 103 cm³/mol. The molecule has 0 radical (unpaired) electrons. The second-order valence-electron chi connectivity index (χ2n) is 4.85. The third-order valence-electron chi connectivity index (χ3n) is 3.14. The highest BCUT2D eigenvalue weighted by atomic mass is 32.2. The van der Waals surface area contributed by atoms with Crippen molar-refractivity contribution < 1.29 is 14.3 Å². The van der Waals surface area contributed by atoms with Crippen LogP contribution in [0.3, 0.4) is 0 Å². The van der Waals surface area contributed by atoms with Crippen molar-refractivity contribution in [1.29, 1.82) is 0 Å². The third kappa shape index (κ3) is 5.72. The Bertz CT molecular complexity index is 719. The number of ether oxygens (including phenoxy) is 1. The molecule has 0 saturated heterocycles. The maximum atomic E-state index is 12.5. The first-order valence-corrected chi connectivity index (χ1v) is 10.6. The molecular weight excluding hydrogens is 378 g/mol. The number of nitrogens with zero attached hydrogens (tertiary/aromatic N) is 2. The van der Waals surface area contributed by atoms with Crippen molar-refractivity contribution in [1.82, 2.24) is 9.36 Å². The SMILES string of the molecule is CCOC(=O)c1ccc(NC(=O)[C@H](CC)Sc2nc(SC)ns2)cc1. The molecule has 2 rings (SSSR count). The lowest BCUT2D eigenvalue weighted by Gasteiger charge is -2.13. The monoisotopic (exact) mass is 397 g/mol. The smallest absolute Gasteiger partial charge is 0.338 e. The van der Waals surface area contributed by atoms with Crippen LogP contribution >= 0.6 is 35.1 Å². The normalized spacial score (nSPS) is 11.8. The van der Waals surface area contributed by atoms with Crippen molar-refractivity contribution in [2.45, 2.75) is 35.0 Å². The topological polar surface area (TPSA) is 81.2 Å². The lowest BCUT2D eigenvalue weighted by molar-refractivity contribution is -0.115. The van der Waals surface area contributed by atoms with Crippen LogP contribution in [0.5, 0.6) is 0 Å². The van der Waals surface area contributed by atoms with E-state index in [-0.39, 0.29) is 17.1 Å². The van der Waals surface area contributed by atoms with Crippen LogP contribution in [-0.2, 0) is 9.53 Å². The van der Waals surface area contributed by atoms with E-state index in [9.17, 15) is 9.59 Å². The Hall–Kier alpha value is -1.58. The number of anilines is 1. The van der Waals surface area contributed by atoms with E-state index in [1.807, 2.05) is 13.2 Å². The zero-order valence-corrected chi connectivity index (χ0v) is 16.6. The van der Waals surface area contributed by atoms with Gasteiger partial charge in [0, 0.05) is 5.69 Å². The van der Waals surface area contributed by atoms with Crippen LogP contribution in [-0.4, -0.2) is 39.3 Å². The van der Waals surface area contributed by atoms with Gasteiger partial charge < -0.3 is 10.1 Å². The third-order valence-corrected chi connectivity index (χ3v) is 5.95. The van der Waals surface area contributed by atoms with Gasteiger partial charge in [-0.2, -0.15) is 4.37 Å². The number of esters is 1. The molecule has 0 aliphatic heterocycles. The number of amides is 1. The summed E-state index contributed by atoms with van der Waals surface area (Å²) in [6.45, 7) is 4.05. The summed E-state index contributed by atoms with van der Waals surface area (Å²) >= 11 is 4.19. The van der Waals surface area contributed by atoms with Gasteiger partial charge in [0.15, 0.2) is 4.34 Å². The Morgan fingerprint density at radius 1 is 1.28 bits per heavy atom. The minimum Gasteiger partial charge on any atom is -0.462 e. The van der Waals surface area contributed by atoms with Crippen LogP contribution in [0, 0.1) is 0 Å². The Morgan fingerprint density at radius 2 is 2.00 bits per heavy atom. The molecule has 0 bridgehead atoms. The van der Waals surface area contributed by atoms with Gasteiger partial charge in [0.25, 0.3) is 0 Å². The van der Waals surface area contributed by atoms with E-state index in [1.54, 1.807) is 31.2 Å². The average Bonchev–Trinajstić information content (AvgIpc) is 3.08. The van der Waals surface area contributed by atoms with Crippen molar-refractivity contribution in [3.05, 3.63) is 29.8 Å². The Kier molecular flexibility index (Phi) is 7.73. The fourth-order valence-corrected chi connectivity index (χ4v) is 4.28. The summed E-state index contributed by atoms with van der Waals surface area (Å²) in [7, 11) is 0. The van der Waals surface area contributed by atoms with Crippen LogP contribution in [0.15, 0.2) is 33.8 Å². The van der Waals surface area contributed by atoms with Crippen molar-refractivity contribution >= 4 is 52.6 Å². The van der Waals surface area contributed by atoms with Crippen LogP contribution in [0.1, 0.15) is 30.6 Å². The number of hydrogen-bond donors (Lipinski definition) is 1. The molecule has 1 amide bonds. The minimum absolute atomic E-state index is 0.0997. The Labute approximate surface area is 159 Å². The number of benzene rings is 1. The van der Waals surface area contributed by atoms with Gasteiger partial charge in [0.1, 0.15) is 0 Å². The molecule has 6 nitrogen and oxygen atoms in total. The molecule has 1 N–H and O–H groups in total. The lowest BCUT2D eigenvalue weighted by atomic mass is 10.2. The van der Waals surface area contributed by atoms with E-state index in [4.69, 9.17) is 4.74 Å². The molecule has 0 aliphatic rings. The standard InChI is InChI=1S/C16H19N3O3S3/c1-4-12(24-16-18-15(23-3)19-25-16)13(20)17-11-8-6-10(7-9-11)14(21)22-5-2/h6-9,12H,4-5H2,1-3H3,(H,17,20)/t12-/m0/s1. The molecule has 0 saturated carbocycles. The number of thioether (sulfide) groups is 2. The zero-order valence-electron chi connectivity index (χ0n) is 14.1.